The zero-order chi connectivity index (χ0) is 21.2. The van der Waals surface area contributed by atoms with Gasteiger partial charge in [0.2, 0.25) is 5.91 Å². The Hall–Kier alpha value is -3.49. The van der Waals surface area contributed by atoms with Gasteiger partial charge in [-0.15, -0.1) is 0 Å². The summed E-state index contributed by atoms with van der Waals surface area (Å²) in [5, 5.41) is 13.4. The van der Waals surface area contributed by atoms with Crippen LogP contribution in [0.15, 0.2) is 42.5 Å². The van der Waals surface area contributed by atoms with Crippen LogP contribution in [0.1, 0.15) is 25.3 Å². The predicted octanol–water partition coefficient (Wildman–Crippen LogP) is 3.64. The second-order valence-corrected chi connectivity index (χ2v) is 6.16. The molecule has 0 unspecified atom stereocenters. The number of anilines is 1. The van der Waals surface area contributed by atoms with Crippen LogP contribution in [-0.2, 0) is 20.7 Å². The summed E-state index contributed by atoms with van der Waals surface area (Å²) >= 11 is 0. The number of non-ortho nitro benzene ring substituents is 1. The molecule has 0 fully saturated rings. The molecule has 0 bridgehead atoms. The van der Waals surface area contributed by atoms with Crippen LogP contribution in [0.4, 0.5) is 15.8 Å². The molecule has 0 saturated carbocycles. The SMILES string of the molecule is CCCCOC(=O)COc1cc(F)ccc1NC(=O)Cc1cccc([N+](=O)[O-])c1. The molecule has 0 atom stereocenters. The Kier molecular flexibility index (Phi) is 8.08. The molecular weight excluding hydrogens is 383 g/mol. The lowest BCUT2D eigenvalue weighted by Crippen LogP contribution is -2.18. The third-order valence-electron chi connectivity index (χ3n) is 3.81. The van der Waals surface area contributed by atoms with Crippen LogP contribution in [0, 0.1) is 15.9 Å². The summed E-state index contributed by atoms with van der Waals surface area (Å²) in [5.41, 5.74) is 0.492. The number of benzene rings is 2. The average molecular weight is 404 g/mol. The highest BCUT2D eigenvalue weighted by Gasteiger charge is 2.14. The van der Waals surface area contributed by atoms with Gasteiger partial charge < -0.3 is 14.8 Å². The number of rotatable bonds is 10. The van der Waals surface area contributed by atoms with Gasteiger partial charge in [-0.1, -0.05) is 25.5 Å². The van der Waals surface area contributed by atoms with Crippen LogP contribution in [0.2, 0.25) is 0 Å². The number of nitrogens with one attached hydrogen (secondary N) is 1. The van der Waals surface area contributed by atoms with Crippen molar-refractivity contribution in [2.24, 2.45) is 0 Å². The largest absolute Gasteiger partial charge is 0.480 e. The number of nitro benzene ring substituents is 1. The van der Waals surface area contributed by atoms with E-state index in [1.807, 2.05) is 6.92 Å². The smallest absolute Gasteiger partial charge is 0.344 e. The molecule has 0 aliphatic carbocycles. The molecule has 0 heterocycles. The van der Waals surface area contributed by atoms with Crippen molar-refractivity contribution in [3.63, 3.8) is 0 Å². The first-order valence-corrected chi connectivity index (χ1v) is 9.00. The minimum atomic E-state index is -0.601. The highest BCUT2D eigenvalue weighted by molar-refractivity contribution is 5.93. The van der Waals surface area contributed by atoms with Crippen molar-refractivity contribution in [2.45, 2.75) is 26.2 Å². The van der Waals surface area contributed by atoms with E-state index in [9.17, 15) is 24.1 Å². The molecule has 1 N–H and O–H groups in total. The molecule has 0 saturated heterocycles. The summed E-state index contributed by atoms with van der Waals surface area (Å²) in [5.74, 6) is -1.70. The van der Waals surface area contributed by atoms with Gasteiger partial charge in [0.1, 0.15) is 11.6 Å². The summed E-state index contributed by atoms with van der Waals surface area (Å²) in [6, 6.07) is 9.18. The van der Waals surface area contributed by atoms with Gasteiger partial charge in [-0.3, -0.25) is 14.9 Å². The molecule has 0 aromatic heterocycles. The van der Waals surface area contributed by atoms with Crippen molar-refractivity contribution in [1.29, 1.82) is 0 Å². The fourth-order valence-corrected chi connectivity index (χ4v) is 2.39. The van der Waals surface area contributed by atoms with Gasteiger partial charge >= 0.3 is 5.97 Å². The van der Waals surface area contributed by atoms with E-state index in [1.54, 1.807) is 6.07 Å². The number of hydrogen-bond donors (Lipinski definition) is 1. The van der Waals surface area contributed by atoms with E-state index in [0.29, 0.717) is 5.56 Å². The minimum Gasteiger partial charge on any atom is -0.480 e. The Morgan fingerprint density at radius 3 is 2.72 bits per heavy atom. The standard InChI is InChI=1S/C20H21FN2O6/c1-2-3-9-28-20(25)13-29-18-12-15(21)7-8-17(18)22-19(24)11-14-5-4-6-16(10-14)23(26)27/h4-8,10,12H,2-3,9,11,13H2,1H3,(H,22,24). The highest BCUT2D eigenvalue weighted by atomic mass is 19.1. The maximum absolute atomic E-state index is 13.6. The van der Waals surface area contributed by atoms with Crippen molar-refractivity contribution in [3.05, 3.63) is 64.0 Å². The fraction of sp³-hybridized carbons (Fsp3) is 0.300. The number of carbonyl (C=O) groups is 2. The zero-order valence-electron chi connectivity index (χ0n) is 15.9. The molecule has 154 valence electrons. The lowest BCUT2D eigenvalue weighted by Gasteiger charge is -2.12. The van der Waals surface area contributed by atoms with E-state index in [0.717, 1.165) is 25.0 Å². The number of carbonyl (C=O) groups excluding carboxylic acids is 2. The number of nitro groups is 1. The molecule has 0 spiro atoms. The molecule has 1 amide bonds. The Morgan fingerprint density at radius 1 is 1.21 bits per heavy atom. The van der Waals surface area contributed by atoms with E-state index >= 15 is 0 Å². The third kappa shape index (κ3) is 7.21. The van der Waals surface area contributed by atoms with Crippen LogP contribution in [0.5, 0.6) is 5.75 Å². The van der Waals surface area contributed by atoms with E-state index in [1.165, 1.54) is 24.3 Å². The van der Waals surface area contributed by atoms with Gasteiger partial charge in [0.15, 0.2) is 6.61 Å². The van der Waals surface area contributed by atoms with Gasteiger partial charge in [0.05, 0.1) is 23.6 Å². The first-order chi connectivity index (χ1) is 13.9. The van der Waals surface area contributed by atoms with E-state index in [4.69, 9.17) is 9.47 Å². The average Bonchev–Trinajstić information content (AvgIpc) is 2.68. The van der Waals surface area contributed by atoms with Gasteiger partial charge in [0.25, 0.3) is 5.69 Å². The van der Waals surface area contributed by atoms with Crippen LogP contribution in [0.25, 0.3) is 0 Å². The summed E-state index contributed by atoms with van der Waals surface area (Å²) < 4.78 is 23.8. The van der Waals surface area contributed by atoms with Crippen LogP contribution in [0.3, 0.4) is 0 Å². The monoisotopic (exact) mass is 404 g/mol. The van der Waals surface area contributed by atoms with Gasteiger partial charge in [0, 0.05) is 18.2 Å². The second kappa shape index (κ2) is 10.7. The van der Waals surface area contributed by atoms with E-state index < -0.39 is 29.2 Å². The van der Waals surface area contributed by atoms with Crippen molar-refractivity contribution in [3.8, 4) is 5.75 Å². The Labute approximate surface area is 166 Å². The van der Waals surface area contributed by atoms with Crippen molar-refractivity contribution in [2.75, 3.05) is 18.5 Å². The molecule has 29 heavy (non-hydrogen) atoms. The molecule has 9 heteroatoms. The highest BCUT2D eigenvalue weighted by Crippen LogP contribution is 2.26. The van der Waals surface area contributed by atoms with Crippen molar-refractivity contribution in [1.82, 2.24) is 0 Å². The summed E-state index contributed by atoms with van der Waals surface area (Å²) in [7, 11) is 0. The Morgan fingerprint density at radius 2 is 2.00 bits per heavy atom. The van der Waals surface area contributed by atoms with E-state index in [2.05, 4.69) is 5.32 Å². The Bertz CT molecular complexity index is 887. The summed E-state index contributed by atoms with van der Waals surface area (Å²) in [4.78, 5) is 34.2. The number of esters is 1. The number of unbranched alkanes of at least 4 members (excludes halogenated alkanes) is 1. The molecule has 0 radical (unpaired) electrons. The lowest BCUT2D eigenvalue weighted by molar-refractivity contribution is -0.384. The Balaban J connectivity index is 2.01. The molecule has 2 aromatic rings. The van der Waals surface area contributed by atoms with Gasteiger partial charge in [-0.2, -0.15) is 0 Å². The topological polar surface area (TPSA) is 108 Å². The number of amides is 1. The predicted molar refractivity (Wildman–Crippen MR) is 103 cm³/mol. The number of halogens is 1. The molecule has 0 aliphatic heterocycles. The number of nitrogens with zero attached hydrogens (tertiary/aromatic N) is 1. The third-order valence-corrected chi connectivity index (χ3v) is 3.81. The molecule has 2 rings (SSSR count). The van der Waals surface area contributed by atoms with E-state index in [-0.39, 0.29) is 30.2 Å². The number of ether oxygens (including phenoxy) is 2. The van der Waals surface area contributed by atoms with Gasteiger partial charge in [-0.05, 0) is 24.1 Å². The molecule has 2 aromatic carbocycles. The minimum absolute atomic E-state index is 0.0233. The molecule has 0 aliphatic rings. The normalized spacial score (nSPS) is 10.3. The fourth-order valence-electron chi connectivity index (χ4n) is 2.39. The summed E-state index contributed by atoms with van der Waals surface area (Å²) in [6.45, 7) is 1.80. The first kappa shape index (κ1) is 21.8. The lowest BCUT2D eigenvalue weighted by atomic mass is 10.1. The van der Waals surface area contributed by atoms with Crippen LogP contribution in [-0.4, -0.2) is 30.0 Å². The van der Waals surface area contributed by atoms with Crippen molar-refractivity contribution < 1.29 is 28.4 Å². The second-order valence-electron chi connectivity index (χ2n) is 6.16. The zero-order valence-corrected chi connectivity index (χ0v) is 15.9. The first-order valence-electron chi connectivity index (χ1n) is 9.00. The molecular formula is C20H21FN2O6. The van der Waals surface area contributed by atoms with Gasteiger partial charge in [-0.25, -0.2) is 9.18 Å². The van der Waals surface area contributed by atoms with Crippen molar-refractivity contribution >= 4 is 23.3 Å². The molecule has 8 nitrogen and oxygen atoms in total. The number of hydrogen-bond acceptors (Lipinski definition) is 6. The van der Waals surface area contributed by atoms with Crippen LogP contribution < -0.4 is 10.1 Å². The summed E-state index contributed by atoms with van der Waals surface area (Å²) in [6.07, 6.45) is 1.47. The quantitative estimate of drug-likeness (QED) is 0.280. The van der Waals surface area contributed by atoms with Crippen LogP contribution >= 0.6 is 0 Å². The maximum Gasteiger partial charge on any atom is 0.344 e. The maximum atomic E-state index is 13.6.